The Morgan fingerprint density at radius 1 is 1.08 bits per heavy atom. The van der Waals surface area contributed by atoms with Crippen LogP contribution < -0.4 is 0 Å². The van der Waals surface area contributed by atoms with Gasteiger partial charge >= 0.3 is 6.18 Å². The minimum Gasteiger partial charge on any atom is -0.267 e. The Balaban J connectivity index is 1.85. The number of halogens is 4. The fourth-order valence-electron chi connectivity index (χ4n) is 2.45. The normalized spacial score (nSPS) is 14.7. The predicted molar refractivity (Wildman–Crippen MR) is 80.0 cm³/mol. The van der Waals surface area contributed by atoms with Crippen LogP contribution >= 0.6 is 0 Å². The maximum absolute atomic E-state index is 13.2. The molecular formula is C17H12F4N2O. The van der Waals surface area contributed by atoms with Crippen LogP contribution in [0.3, 0.4) is 0 Å². The first-order valence-electron chi connectivity index (χ1n) is 7.17. The summed E-state index contributed by atoms with van der Waals surface area (Å²) >= 11 is 0. The van der Waals surface area contributed by atoms with Crippen LogP contribution in [-0.4, -0.2) is 23.2 Å². The number of benzene rings is 2. The van der Waals surface area contributed by atoms with Gasteiger partial charge in [-0.1, -0.05) is 18.2 Å². The number of amides is 1. The molecule has 0 N–H and O–H groups in total. The molecule has 0 atom stereocenters. The maximum atomic E-state index is 13.2. The molecule has 0 unspecified atom stereocenters. The van der Waals surface area contributed by atoms with Gasteiger partial charge in [-0.15, -0.1) is 0 Å². The first-order valence-corrected chi connectivity index (χ1v) is 7.17. The second kappa shape index (κ2) is 6.07. The van der Waals surface area contributed by atoms with E-state index in [0.29, 0.717) is 17.7 Å². The molecule has 0 saturated carbocycles. The molecule has 1 heterocycles. The molecule has 1 aliphatic heterocycles. The Morgan fingerprint density at radius 3 is 2.54 bits per heavy atom. The second-order valence-corrected chi connectivity index (χ2v) is 5.31. The van der Waals surface area contributed by atoms with Crippen molar-refractivity contribution in [2.45, 2.75) is 12.6 Å². The number of carbonyl (C=O) groups is 1. The van der Waals surface area contributed by atoms with Gasteiger partial charge < -0.3 is 0 Å². The van der Waals surface area contributed by atoms with Gasteiger partial charge in [0.15, 0.2) is 0 Å². The smallest absolute Gasteiger partial charge is 0.267 e. The quantitative estimate of drug-likeness (QED) is 0.760. The molecule has 2 aromatic rings. The van der Waals surface area contributed by atoms with Crippen LogP contribution in [0.15, 0.2) is 53.6 Å². The van der Waals surface area contributed by atoms with E-state index in [4.69, 9.17) is 0 Å². The summed E-state index contributed by atoms with van der Waals surface area (Å²) < 4.78 is 51.5. The summed E-state index contributed by atoms with van der Waals surface area (Å²) in [5.74, 6) is -1.03. The molecule has 0 spiro atoms. The van der Waals surface area contributed by atoms with E-state index in [0.717, 1.165) is 23.2 Å². The highest BCUT2D eigenvalue weighted by molar-refractivity contribution is 6.04. The zero-order valence-electron chi connectivity index (χ0n) is 12.3. The summed E-state index contributed by atoms with van der Waals surface area (Å²) in [5.41, 5.74) is 0.0897. The van der Waals surface area contributed by atoms with E-state index in [1.165, 1.54) is 30.3 Å². The average molecular weight is 336 g/mol. The van der Waals surface area contributed by atoms with E-state index in [-0.39, 0.29) is 12.1 Å². The van der Waals surface area contributed by atoms with Gasteiger partial charge in [0.05, 0.1) is 17.8 Å². The zero-order valence-corrected chi connectivity index (χ0v) is 12.3. The Hall–Kier alpha value is -2.70. The van der Waals surface area contributed by atoms with Crippen molar-refractivity contribution < 1.29 is 22.4 Å². The molecule has 24 heavy (non-hydrogen) atoms. The van der Waals surface area contributed by atoms with E-state index < -0.39 is 23.5 Å². The molecule has 0 bridgehead atoms. The Labute approximate surface area is 135 Å². The fourth-order valence-corrected chi connectivity index (χ4v) is 2.45. The minimum absolute atomic E-state index is 0.143. The van der Waals surface area contributed by atoms with Crippen LogP contribution in [0.5, 0.6) is 0 Å². The number of alkyl halides is 3. The van der Waals surface area contributed by atoms with Crippen molar-refractivity contribution in [3.05, 3.63) is 71.0 Å². The second-order valence-electron chi connectivity index (χ2n) is 5.31. The molecule has 1 aliphatic rings. The Kier molecular flexibility index (Phi) is 4.09. The number of carbonyl (C=O) groups excluding carboxylic acids is 1. The topological polar surface area (TPSA) is 32.7 Å². The Bertz CT molecular complexity index is 814. The lowest BCUT2D eigenvalue weighted by atomic mass is 10.0. The van der Waals surface area contributed by atoms with E-state index in [9.17, 15) is 22.4 Å². The van der Waals surface area contributed by atoms with Crippen molar-refractivity contribution in [3.63, 3.8) is 0 Å². The fraction of sp³-hybridized carbons (Fsp3) is 0.176. The molecule has 0 aliphatic carbocycles. The highest BCUT2D eigenvalue weighted by Crippen LogP contribution is 2.30. The van der Waals surface area contributed by atoms with Crippen molar-refractivity contribution in [2.75, 3.05) is 6.54 Å². The van der Waals surface area contributed by atoms with Gasteiger partial charge in [-0.3, -0.25) is 4.79 Å². The lowest BCUT2D eigenvalue weighted by Crippen LogP contribution is -2.23. The number of hydrogen-bond acceptors (Lipinski definition) is 2. The number of nitrogens with zero attached hydrogens (tertiary/aromatic N) is 2. The van der Waals surface area contributed by atoms with Crippen molar-refractivity contribution >= 4 is 11.6 Å². The number of hydrazone groups is 1. The van der Waals surface area contributed by atoms with Gasteiger partial charge in [0.25, 0.3) is 5.91 Å². The summed E-state index contributed by atoms with van der Waals surface area (Å²) in [6, 6.07) is 10.0. The Morgan fingerprint density at radius 2 is 1.83 bits per heavy atom. The molecule has 7 heteroatoms. The number of rotatable bonds is 2. The van der Waals surface area contributed by atoms with E-state index >= 15 is 0 Å². The SMILES string of the molecule is O=C(c1cccc(F)c1)N1CCC(c2cccc(C(F)(F)F)c2)=N1. The van der Waals surface area contributed by atoms with Crippen molar-refractivity contribution in [3.8, 4) is 0 Å². The molecule has 3 rings (SSSR count). The molecular weight excluding hydrogens is 324 g/mol. The molecule has 0 aromatic heterocycles. The van der Waals surface area contributed by atoms with Crippen LogP contribution in [0, 0.1) is 5.82 Å². The van der Waals surface area contributed by atoms with Crippen LogP contribution in [0.4, 0.5) is 17.6 Å². The third-order valence-electron chi connectivity index (χ3n) is 3.63. The highest BCUT2D eigenvalue weighted by atomic mass is 19.4. The molecule has 0 radical (unpaired) electrons. The molecule has 0 saturated heterocycles. The monoisotopic (exact) mass is 336 g/mol. The zero-order chi connectivity index (χ0) is 17.3. The van der Waals surface area contributed by atoms with Gasteiger partial charge in [-0.05, 0) is 35.9 Å². The van der Waals surface area contributed by atoms with Crippen molar-refractivity contribution in [2.24, 2.45) is 5.10 Å². The summed E-state index contributed by atoms with van der Waals surface area (Å²) in [4.78, 5) is 12.3. The number of hydrogen-bond donors (Lipinski definition) is 0. The van der Waals surface area contributed by atoms with Crippen molar-refractivity contribution in [1.29, 1.82) is 0 Å². The van der Waals surface area contributed by atoms with E-state index in [1.807, 2.05) is 0 Å². The molecule has 3 nitrogen and oxygen atoms in total. The van der Waals surface area contributed by atoms with Crippen molar-refractivity contribution in [1.82, 2.24) is 5.01 Å². The van der Waals surface area contributed by atoms with Crippen LogP contribution in [0.1, 0.15) is 27.9 Å². The first kappa shape index (κ1) is 16.2. The summed E-state index contributed by atoms with van der Waals surface area (Å²) in [6.45, 7) is 0.237. The predicted octanol–water partition coefficient (Wildman–Crippen LogP) is 4.09. The summed E-state index contributed by atoms with van der Waals surface area (Å²) in [5, 5.41) is 5.24. The summed E-state index contributed by atoms with van der Waals surface area (Å²) in [7, 11) is 0. The molecule has 0 fully saturated rings. The summed E-state index contributed by atoms with van der Waals surface area (Å²) in [6.07, 6.45) is -4.10. The molecule has 1 amide bonds. The van der Waals surface area contributed by atoms with Gasteiger partial charge in [0, 0.05) is 12.0 Å². The largest absolute Gasteiger partial charge is 0.416 e. The van der Waals surface area contributed by atoms with Gasteiger partial charge in [-0.25, -0.2) is 9.40 Å². The lowest BCUT2D eigenvalue weighted by Gasteiger charge is -2.11. The minimum atomic E-state index is -4.44. The lowest BCUT2D eigenvalue weighted by molar-refractivity contribution is -0.137. The van der Waals surface area contributed by atoms with Crippen LogP contribution in [-0.2, 0) is 6.18 Å². The van der Waals surface area contributed by atoms with Gasteiger partial charge in [-0.2, -0.15) is 18.3 Å². The maximum Gasteiger partial charge on any atom is 0.416 e. The molecule has 2 aromatic carbocycles. The standard InChI is InChI=1S/C17H12F4N2O/c18-14-6-2-4-12(10-14)16(24)23-8-7-15(22-23)11-3-1-5-13(9-11)17(19,20)21/h1-6,9-10H,7-8H2. The van der Waals surface area contributed by atoms with Gasteiger partial charge in [0.2, 0.25) is 0 Å². The van der Waals surface area contributed by atoms with E-state index in [1.54, 1.807) is 0 Å². The van der Waals surface area contributed by atoms with Gasteiger partial charge in [0.1, 0.15) is 5.82 Å². The van der Waals surface area contributed by atoms with Crippen LogP contribution in [0.2, 0.25) is 0 Å². The average Bonchev–Trinajstić information content (AvgIpc) is 3.03. The molecule has 124 valence electrons. The van der Waals surface area contributed by atoms with Crippen LogP contribution in [0.25, 0.3) is 0 Å². The highest BCUT2D eigenvalue weighted by Gasteiger charge is 2.31. The third kappa shape index (κ3) is 3.29. The first-order chi connectivity index (χ1) is 11.3. The van der Waals surface area contributed by atoms with E-state index in [2.05, 4.69) is 5.10 Å². The third-order valence-corrected chi connectivity index (χ3v) is 3.63.